The summed E-state index contributed by atoms with van der Waals surface area (Å²) < 4.78 is 0. The molecule has 0 saturated carbocycles. The largest absolute Gasteiger partial charge is 0.312 e. The van der Waals surface area contributed by atoms with Crippen LogP contribution in [0.5, 0.6) is 0 Å². The zero-order valence-corrected chi connectivity index (χ0v) is 10.5. The van der Waals surface area contributed by atoms with E-state index in [0.717, 1.165) is 0 Å². The van der Waals surface area contributed by atoms with E-state index >= 15 is 0 Å². The molecule has 0 aromatic heterocycles. The van der Waals surface area contributed by atoms with Crippen molar-refractivity contribution in [3.05, 3.63) is 0 Å². The van der Waals surface area contributed by atoms with Gasteiger partial charge >= 0.3 is 0 Å². The topological polar surface area (TPSA) is 12.0 Å². The first-order chi connectivity index (χ1) is 6.12. The summed E-state index contributed by atoms with van der Waals surface area (Å²) >= 11 is 1.94. The molecule has 0 aromatic rings. The van der Waals surface area contributed by atoms with Crippen molar-refractivity contribution in [2.75, 3.05) is 18.6 Å². The van der Waals surface area contributed by atoms with Crippen LogP contribution in [0.3, 0.4) is 0 Å². The minimum Gasteiger partial charge on any atom is -0.312 e. The summed E-state index contributed by atoms with van der Waals surface area (Å²) in [6, 6.07) is 0. The number of hydrogen-bond acceptors (Lipinski definition) is 2. The van der Waals surface area contributed by atoms with E-state index in [1.807, 2.05) is 11.8 Å². The summed E-state index contributed by atoms with van der Waals surface area (Å²) in [7, 11) is 0. The van der Waals surface area contributed by atoms with Crippen LogP contribution in [-0.4, -0.2) is 24.1 Å². The molecule has 2 heteroatoms. The Labute approximate surface area is 88.1 Å². The van der Waals surface area contributed by atoms with Gasteiger partial charge in [0.2, 0.25) is 0 Å². The van der Waals surface area contributed by atoms with Crippen LogP contribution in [0.2, 0.25) is 0 Å². The normalized spacial score (nSPS) is 12.0. The van der Waals surface area contributed by atoms with Crippen LogP contribution in [0.4, 0.5) is 0 Å². The Bertz CT molecular complexity index is 113. The van der Waals surface area contributed by atoms with E-state index in [1.54, 1.807) is 0 Å². The van der Waals surface area contributed by atoms with Gasteiger partial charge in [-0.15, -0.1) is 0 Å². The highest BCUT2D eigenvalue weighted by Gasteiger charge is 2.13. The highest BCUT2D eigenvalue weighted by atomic mass is 32.2. The summed E-state index contributed by atoms with van der Waals surface area (Å²) in [5.74, 6) is 1.30. The Morgan fingerprint density at radius 3 is 2.46 bits per heavy atom. The fourth-order valence-corrected chi connectivity index (χ4v) is 2.00. The molecule has 0 rings (SSSR count). The van der Waals surface area contributed by atoms with Crippen LogP contribution in [0.25, 0.3) is 0 Å². The maximum atomic E-state index is 3.61. The zero-order chi connectivity index (χ0) is 10.2. The average Bonchev–Trinajstić information content (AvgIpc) is 2.04. The molecule has 0 bridgehead atoms. The summed E-state index contributed by atoms with van der Waals surface area (Å²) in [5.41, 5.74) is 0.341. The lowest BCUT2D eigenvalue weighted by Crippen LogP contribution is -2.39. The second-order valence-electron chi connectivity index (χ2n) is 4.26. The second kappa shape index (κ2) is 7.69. The first-order valence-electron chi connectivity index (χ1n) is 5.36. The van der Waals surface area contributed by atoms with E-state index in [9.17, 15) is 0 Å². The van der Waals surface area contributed by atoms with Crippen LogP contribution < -0.4 is 5.32 Å². The van der Waals surface area contributed by atoms with Crippen LogP contribution in [-0.2, 0) is 0 Å². The standard InChI is InChI=1S/C11H25NS/c1-5-8-11(2,3)12-9-6-7-10-13-4/h12H,5-10H2,1-4H3. The van der Waals surface area contributed by atoms with Crippen molar-refractivity contribution in [3.8, 4) is 0 Å². The molecule has 0 radical (unpaired) electrons. The smallest absolute Gasteiger partial charge is 0.0125 e. The van der Waals surface area contributed by atoms with Gasteiger partial charge in [-0.25, -0.2) is 0 Å². The minimum absolute atomic E-state index is 0.341. The van der Waals surface area contributed by atoms with Crippen molar-refractivity contribution < 1.29 is 0 Å². The SMILES string of the molecule is CCCC(C)(C)NCCCCSC. The van der Waals surface area contributed by atoms with E-state index in [1.165, 1.54) is 38.0 Å². The number of thioether (sulfide) groups is 1. The number of hydrogen-bond donors (Lipinski definition) is 1. The number of unbranched alkanes of at least 4 members (excludes halogenated alkanes) is 1. The van der Waals surface area contributed by atoms with Gasteiger partial charge < -0.3 is 5.32 Å². The second-order valence-corrected chi connectivity index (χ2v) is 5.25. The Morgan fingerprint density at radius 2 is 1.92 bits per heavy atom. The van der Waals surface area contributed by atoms with E-state index in [0.29, 0.717) is 5.54 Å². The Balaban J connectivity index is 3.29. The molecule has 0 spiro atoms. The maximum Gasteiger partial charge on any atom is 0.0125 e. The number of rotatable bonds is 8. The van der Waals surface area contributed by atoms with E-state index in [4.69, 9.17) is 0 Å². The number of nitrogens with one attached hydrogen (secondary N) is 1. The maximum absolute atomic E-state index is 3.61. The third kappa shape index (κ3) is 8.63. The molecular weight excluding hydrogens is 178 g/mol. The molecule has 0 aliphatic carbocycles. The van der Waals surface area contributed by atoms with Gasteiger partial charge in [-0.3, -0.25) is 0 Å². The van der Waals surface area contributed by atoms with E-state index in [2.05, 4.69) is 32.3 Å². The summed E-state index contributed by atoms with van der Waals surface area (Å²) in [5, 5.41) is 3.61. The first-order valence-corrected chi connectivity index (χ1v) is 6.75. The molecule has 0 saturated heterocycles. The molecule has 0 amide bonds. The molecule has 0 aliphatic rings. The molecule has 0 atom stereocenters. The Kier molecular flexibility index (Phi) is 7.87. The van der Waals surface area contributed by atoms with Gasteiger partial charge in [0.1, 0.15) is 0 Å². The quantitative estimate of drug-likeness (QED) is 0.608. The molecule has 0 aliphatic heterocycles. The molecule has 0 heterocycles. The van der Waals surface area contributed by atoms with Crippen LogP contribution >= 0.6 is 11.8 Å². The highest BCUT2D eigenvalue weighted by molar-refractivity contribution is 7.98. The molecule has 1 nitrogen and oxygen atoms in total. The van der Waals surface area contributed by atoms with Crippen LogP contribution in [0.15, 0.2) is 0 Å². The molecule has 0 aromatic carbocycles. The van der Waals surface area contributed by atoms with Gasteiger partial charge in [0.25, 0.3) is 0 Å². The molecule has 0 fully saturated rings. The Hall–Kier alpha value is 0.310. The summed E-state index contributed by atoms with van der Waals surface area (Å²) in [6.45, 7) is 8.01. The van der Waals surface area contributed by atoms with Crippen molar-refractivity contribution >= 4 is 11.8 Å². The minimum atomic E-state index is 0.341. The van der Waals surface area contributed by atoms with Crippen LogP contribution in [0.1, 0.15) is 46.5 Å². The monoisotopic (exact) mass is 203 g/mol. The van der Waals surface area contributed by atoms with Gasteiger partial charge in [0.05, 0.1) is 0 Å². The molecule has 1 N–H and O–H groups in total. The van der Waals surface area contributed by atoms with Gasteiger partial charge in [0, 0.05) is 5.54 Å². The third-order valence-corrected chi connectivity index (χ3v) is 2.95. The lowest BCUT2D eigenvalue weighted by molar-refractivity contribution is 0.357. The van der Waals surface area contributed by atoms with Gasteiger partial charge in [-0.05, 0) is 51.7 Å². The van der Waals surface area contributed by atoms with Crippen molar-refractivity contribution in [3.63, 3.8) is 0 Å². The fourth-order valence-electron chi connectivity index (χ4n) is 1.51. The highest BCUT2D eigenvalue weighted by Crippen LogP contribution is 2.10. The predicted molar refractivity (Wildman–Crippen MR) is 64.6 cm³/mol. The zero-order valence-electron chi connectivity index (χ0n) is 9.65. The molecule has 80 valence electrons. The van der Waals surface area contributed by atoms with Crippen molar-refractivity contribution in [2.24, 2.45) is 0 Å². The lowest BCUT2D eigenvalue weighted by atomic mass is 9.99. The van der Waals surface area contributed by atoms with Crippen LogP contribution in [0, 0.1) is 0 Å². The van der Waals surface area contributed by atoms with Gasteiger partial charge in [-0.2, -0.15) is 11.8 Å². The molecule has 0 unspecified atom stereocenters. The Morgan fingerprint density at radius 1 is 1.23 bits per heavy atom. The van der Waals surface area contributed by atoms with Crippen molar-refractivity contribution in [1.82, 2.24) is 5.32 Å². The fraction of sp³-hybridized carbons (Fsp3) is 1.00. The van der Waals surface area contributed by atoms with Crippen molar-refractivity contribution in [2.45, 2.75) is 52.0 Å². The average molecular weight is 203 g/mol. The molecular formula is C11H25NS. The van der Waals surface area contributed by atoms with Gasteiger partial charge in [-0.1, -0.05) is 13.3 Å². The predicted octanol–water partition coefficient (Wildman–Crippen LogP) is 3.30. The van der Waals surface area contributed by atoms with E-state index in [-0.39, 0.29) is 0 Å². The summed E-state index contributed by atoms with van der Waals surface area (Å²) in [6.07, 6.45) is 7.37. The van der Waals surface area contributed by atoms with Gasteiger partial charge in [0.15, 0.2) is 0 Å². The summed E-state index contributed by atoms with van der Waals surface area (Å²) in [4.78, 5) is 0. The van der Waals surface area contributed by atoms with E-state index < -0.39 is 0 Å². The third-order valence-electron chi connectivity index (χ3n) is 2.25. The lowest BCUT2D eigenvalue weighted by Gasteiger charge is -2.25. The first kappa shape index (κ1) is 13.3. The van der Waals surface area contributed by atoms with Crippen molar-refractivity contribution in [1.29, 1.82) is 0 Å². The molecule has 13 heavy (non-hydrogen) atoms.